The summed E-state index contributed by atoms with van der Waals surface area (Å²) in [5.41, 5.74) is -1.20. The number of ether oxygens (including phenoxy) is 2. The van der Waals surface area contributed by atoms with E-state index in [-0.39, 0.29) is 16.8 Å². The van der Waals surface area contributed by atoms with Crippen LogP contribution < -0.4 is 4.31 Å². The second kappa shape index (κ2) is 14.7. The van der Waals surface area contributed by atoms with Crippen LogP contribution >= 0.6 is 0 Å². The summed E-state index contributed by atoms with van der Waals surface area (Å²) in [6.45, 7) is -6.51. The predicted octanol–water partition coefficient (Wildman–Crippen LogP) is -0.247. The molecule has 1 aromatic heterocycles. The van der Waals surface area contributed by atoms with Gasteiger partial charge in [0.25, 0.3) is 0 Å². The zero-order valence-corrected chi connectivity index (χ0v) is 24.6. The maximum atomic E-state index is 13.8. The van der Waals surface area contributed by atoms with Gasteiger partial charge in [-0.25, -0.2) is 31.9 Å². The highest BCUT2D eigenvalue weighted by Crippen LogP contribution is 2.32. The second-order valence-electron chi connectivity index (χ2n) is 10.1. The van der Waals surface area contributed by atoms with Crippen LogP contribution in [0.3, 0.4) is 0 Å². The molecule has 0 unspecified atom stereocenters. The van der Waals surface area contributed by atoms with Crippen molar-refractivity contribution in [1.82, 2.24) is 9.97 Å². The van der Waals surface area contributed by atoms with Crippen LogP contribution in [0, 0.1) is 5.82 Å². The number of aliphatic hydroxyl groups is 5. The molecule has 1 aliphatic heterocycles. The van der Waals surface area contributed by atoms with Crippen LogP contribution in [-0.2, 0) is 29.1 Å². The van der Waals surface area contributed by atoms with Gasteiger partial charge in [-0.15, -0.1) is 0 Å². The number of aromatic nitrogens is 2. The minimum atomic E-state index is -4.09. The van der Waals surface area contributed by atoms with Crippen molar-refractivity contribution in [2.45, 2.75) is 75.4 Å². The van der Waals surface area contributed by atoms with Crippen LogP contribution in [0.1, 0.15) is 51.9 Å². The van der Waals surface area contributed by atoms with E-state index >= 15 is 0 Å². The number of hydrogen-bond acceptors (Lipinski definition) is 13. The lowest BCUT2D eigenvalue weighted by Crippen LogP contribution is -2.60. The van der Waals surface area contributed by atoms with Crippen molar-refractivity contribution in [3.8, 4) is 11.3 Å². The van der Waals surface area contributed by atoms with Crippen LogP contribution in [0.5, 0.6) is 0 Å². The van der Waals surface area contributed by atoms with Crippen molar-refractivity contribution >= 4 is 34.0 Å². The van der Waals surface area contributed by atoms with Gasteiger partial charge in [0.2, 0.25) is 22.3 Å². The molecule has 1 aliphatic rings. The number of rotatable bonds is 12. The van der Waals surface area contributed by atoms with Crippen molar-refractivity contribution in [2.75, 3.05) is 17.6 Å². The zero-order valence-electron chi connectivity index (χ0n) is 29.8. The molecule has 15 nitrogen and oxygen atoms in total. The standard InChI is InChI=1S/C28H36FN3O12S/c1-13(2)20-18(21(14-5-7-15(29)8-6-14)31-28(30-20)32(3)45(4,41)42)10-9-16(33)11-17(34)12-19(35)43-27-24(38)22(36)23(37)25(44-27)26(39)40/h5-10,13,16-17,22-25,27,33-34,36-38H,11-12H2,1-4H3,(H,39,40)/b10-9+/t16-,17-,22+,23+,24-,25+,27-/m0/s1/i1D3,2D3. The molecule has 0 bridgehead atoms. The Morgan fingerprint density at radius 1 is 1.13 bits per heavy atom. The summed E-state index contributed by atoms with van der Waals surface area (Å²) >= 11 is 0. The van der Waals surface area contributed by atoms with Crippen molar-refractivity contribution < 1.29 is 70.7 Å². The number of aliphatic hydroxyl groups excluding tert-OH is 5. The number of carboxylic acids is 1. The van der Waals surface area contributed by atoms with E-state index in [1.165, 1.54) is 12.1 Å². The van der Waals surface area contributed by atoms with Gasteiger partial charge < -0.3 is 40.1 Å². The summed E-state index contributed by atoms with van der Waals surface area (Å²) < 4.78 is 96.9. The van der Waals surface area contributed by atoms with E-state index in [1.54, 1.807) is 0 Å². The third-order valence-electron chi connectivity index (χ3n) is 6.60. The number of anilines is 1. The lowest BCUT2D eigenvalue weighted by Gasteiger charge is -2.38. The van der Waals surface area contributed by atoms with Gasteiger partial charge in [-0.3, -0.25) is 4.79 Å². The average molecular weight is 664 g/mol. The van der Waals surface area contributed by atoms with Crippen molar-refractivity contribution in [3.63, 3.8) is 0 Å². The summed E-state index contributed by atoms with van der Waals surface area (Å²) in [6, 6.07) is 4.39. The van der Waals surface area contributed by atoms with Gasteiger partial charge >= 0.3 is 11.9 Å². The molecule has 2 aromatic rings. The van der Waals surface area contributed by atoms with Gasteiger partial charge in [0.1, 0.15) is 24.1 Å². The third kappa shape index (κ3) is 9.00. The number of esters is 1. The largest absolute Gasteiger partial charge is 0.479 e. The number of halogens is 1. The molecule has 17 heteroatoms. The number of aliphatic carboxylic acids is 1. The Kier molecular flexibility index (Phi) is 9.04. The molecule has 7 atom stereocenters. The van der Waals surface area contributed by atoms with E-state index in [4.69, 9.17) is 22.8 Å². The molecule has 1 saturated heterocycles. The molecule has 6 N–H and O–H groups in total. The Morgan fingerprint density at radius 3 is 2.36 bits per heavy atom. The van der Waals surface area contributed by atoms with E-state index in [2.05, 4.69) is 9.97 Å². The Hall–Kier alpha value is -3.58. The predicted molar refractivity (Wildman–Crippen MR) is 155 cm³/mol. The van der Waals surface area contributed by atoms with E-state index in [0.717, 1.165) is 37.6 Å². The molecule has 0 saturated carbocycles. The molecule has 1 aromatic carbocycles. The van der Waals surface area contributed by atoms with Gasteiger partial charge in [0.05, 0.1) is 36.3 Å². The van der Waals surface area contributed by atoms with Crippen LogP contribution in [0.4, 0.5) is 10.3 Å². The van der Waals surface area contributed by atoms with Crippen molar-refractivity contribution in [3.05, 3.63) is 47.4 Å². The molecular weight excluding hydrogens is 621 g/mol. The quantitative estimate of drug-likeness (QED) is 0.161. The van der Waals surface area contributed by atoms with Gasteiger partial charge in [0.15, 0.2) is 6.10 Å². The smallest absolute Gasteiger partial charge is 0.335 e. The number of carbonyl (C=O) groups is 2. The van der Waals surface area contributed by atoms with E-state index in [1.807, 2.05) is 0 Å². The molecule has 3 rings (SSSR count). The molecule has 45 heavy (non-hydrogen) atoms. The second-order valence-corrected chi connectivity index (χ2v) is 12.1. The molecule has 1 fully saturated rings. The Bertz CT molecular complexity index is 1700. The molecular formula is C28H36FN3O12S. The average Bonchev–Trinajstić information content (AvgIpc) is 2.98. The summed E-state index contributed by atoms with van der Waals surface area (Å²) in [4.78, 5) is 31.9. The first-order valence-corrected chi connectivity index (χ1v) is 15.0. The molecule has 0 amide bonds. The first-order chi connectivity index (χ1) is 23.3. The topological polar surface area (TPSA) is 237 Å². The van der Waals surface area contributed by atoms with Gasteiger partial charge in [0, 0.05) is 32.8 Å². The fraction of sp³-hybridized carbons (Fsp3) is 0.500. The fourth-order valence-electron chi connectivity index (χ4n) is 4.14. The highest BCUT2D eigenvalue weighted by molar-refractivity contribution is 7.92. The first-order valence-electron chi connectivity index (χ1n) is 16.1. The number of carboxylic acid groups (broad SMARTS) is 1. The highest BCUT2D eigenvalue weighted by Gasteiger charge is 2.48. The summed E-state index contributed by atoms with van der Waals surface area (Å²) in [5.74, 6) is -6.67. The summed E-state index contributed by atoms with van der Waals surface area (Å²) in [6.07, 6.45) is -12.4. The molecule has 2 heterocycles. The normalized spacial score (nSPS) is 26.1. The van der Waals surface area contributed by atoms with Crippen LogP contribution in [0.15, 0.2) is 30.3 Å². The Balaban J connectivity index is 1.99. The molecule has 0 aliphatic carbocycles. The SMILES string of the molecule is [2H]C([2H])([2H])C(c1nc(N(C)S(C)(=O)=O)nc(-c2ccc(F)cc2)c1/C=C/[C@H](O)C[C@H](O)CC(=O)O[C@H]1O[C@@H](C(=O)O)[C@H](O)[C@@H](O)[C@@H]1O)C([2H])([2H])[2H]. The molecule has 0 radical (unpaired) electrons. The first kappa shape index (κ1) is 27.7. The summed E-state index contributed by atoms with van der Waals surface area (Å²) in [5, 5.41) is 60.0. The zero-order chi connectivity index (χ0) is 38.8. The minimum absolute atomic E-state index is 0.0600. The molecule has 0 spiro atoms. The van der Waals surface area contributed by atoms with Crippen molar-refractivity contribution in [2.24, 2.45) is 0 Å². The maximum Gasteiger partial charge on any atom is 0.335 e. The number of carbonyl (C=O) groups excluding carboxylic acids is 1. The molecule has 248 valence electrons. The monoisotopic (exact) mass is 663 g/mol. The number of hydrogen-bond donors (Lipinski definition) is 6. The maximum absolute atomic E-state index is 13.8. The van der Waals surface area contributed by atoms with E-state index in [0.29, 0.717) is 4.31 Å². The Labute approximate surface area is 266 Å². The highest BCUT2D eigenvalue weighted by atomic mass is 32.2. The lowest BCUT2D eigenvalue weighted by molar-refractivity contribution is -0.286. The number of benzene rings is 1. The number of nitrogens with zero attached hydrogens (tertiary/aromatic N) is 3. The van der Waals surface area contributed by atoms with Crippen LogP contribution in [0.25, 0.3) is 17.3 Å². The van der Waals surface area contributed by atoms with Gasteiger partial charge in [-0.1, -0.05) is 25.9 Å². The lowest BCUT2D eigenvalue weighted by atomic mass is 9.97. The minimum Gasteiger partial charge on any atom is -0.479 e. The third-order valence-corrected chi connectivity index (χ3v) is 7.75. The van der Waals surface area contributed by atoms with Gasteiger partial charge in [-0.05, 0) is 30.2 Å². The van der Waals surface area contributed by atoms with Gasteiger partial charge in [-0.2, -0.15) is 0 Å². The number of sulfonamides is 1. The van der Waals surface area contributed by atoms with Crippen molar-refractivity contribution in [1.29, 1.82) is 0 Å². The van der Waals surface area contributed by atoms with E-state index in [9.17, 15) is 47.9 Å². The van der Waals surface area contributed by atoms with Crippen LogP contribution in [-0.4, -0.2) is 117 Å². The summed E-state index contributed by atoms with van der Waals surface area (Å²) in [7, 11) is -3.06. The van der Waals surface area contributed by atoms with Crippen LogP contribution in [0.2, 0.25) is 0 Å². The van der Waals surface area contributed by atoms with E-state index < -0.39 is 115 Å². The fourth-order valence-corrected chi connectivity index (χ4v) is 4.52. The Morgan fingerprint density at radius 2 is 1.78 bits per heavy atom.